The maximum Gasteiger partial charge on any atom is 0.264 e. The molecule has 134 valence electrons. The molecule has 3 rings (SSSR count). The van der Waals surface area contributed by atoms with Crippen molar-refractivity contribution in [1.29, 1.82) is 0 Å². The Morgan fingerprint density at radius 1 is 1.12 bits per heavy atom. The molecule has 0 aliphatic rings. The highest BCUT2D eigenvalue weighted by atomic mass is 16.2. The van der Waals surface area contributed by atoms with E-state index in [0.29, 0.717) is 17.6 Å². The number of nitrogens with zero attached hydrogens (tertiary/aromatic N) is 4. The van der Waals surface area contributed by atoms with E-state index in [0.717, 1.165) is 5.56 Å². The van der Waals surface area contributed by atoms with Crippen molar-refractivity contribution >= 4 is 22.8 Å². The van der Waals surface area contributed by atoms with Crippen LogP contribution in [0.3, 0.4) is 0 Å². The Labute approximate surface area is 148 Å². The molecule has 0 saturated heterocycles. The molecule has 26 heavy (non-hydrogen) atoms. The van der Waals surface area contributed by atoms with Gasteiger partial charge in [-0.05, 0) is 5.56 Å². The maximum absolute atomic E-state index is 12.3. The van der Waals surface area contributed by atoms with Gasteiger partial charge in [-0.3, -0.25) is 23.6 Å². The van der Waals surface area contributed by atoms with Crippen molar-refractivity contribution in [2.24, 2.45) is 7.05 Å². The molecule has 0 saturated carbocycles. The van der Waals surface area contributed by atoms with Crippen LogP contribution in [-0.4, -0.2) is 37.7 Å². The van der Waals surface area contributed by atoms with Crippen LogP contribution in [-0.2, 0) is 29.7 Å². The van der Waals surface area contributed by atoms with Crippen LogP contribution in [0.5, 0.6) is 0 Å². The molecule has 2 N–H and O–H groups in total. The lowest BCUT2D eigenvalue weighted by molar-refractivity contribution is -0.126. The van der Waals surface area contributed by atoms with Gasteiger partial charge in [0.2, 0.25) is 11.8 Å². The number of fused-ring (bicyclic) bond motifs is 1. The molecule has 2 heterocycles. The number of amides is 2. The monoisotopic (exact) mass is 354 g/mol. The van der Waals surface area contributed by atoms with Gasteiger partial charge in [-0.15, -0.1) is 0 Å². The smallest absolute Gasteiger partial charge is 0.264 e. The Morgan fingerprint density at radius 3 is 2.65 bits per heavy atom. The van der Waals surface area contributed by atoms with Crippen molar-refractivity contribution in [1.82, 2.24) is 30.0 Å². The Hall–Kier alpha value is -3.49. The average molecular weight is 354 g/mol. The predicted octanol–water partition coefficient (Wildman–Crippen LogP) is -0.437. The van der Waals surface area contributed by atoms with Crippen LogP contribution in [0, 0.1) is 0 Å². The molecular weight excluding hydrogens is 336 g/mol. The lowest BCUT2D eigenvalue weighted by Crippen LogP contribution is -2.39. The van der Waals surface area contributed by atoms with Gasteiger partial charge in [0.05, 0.1) is 12.7 Å². The number of benzene rings is 1. The molecule has 2 aromatic heterocycles. The van der Waals surface area contributed by atoms with Gasteiger partial charge in [-0.25, -0.2) is 4.98 Å². The Balaban J connectivity index is 1.52. The van der Waals surface area contributed by atoms with E-state index < -0.39 is 5.91 Å². The number of aromatic nitrogens is 4. The molecule has 0 aliphatic carbocycles. The zero-order chi connectivity index (χ0) is 18.5. The van der Waals surface area contributed by atoms with Gasteiger partial charge in [0.1, 0.15) is 18.3 Å². The van der Waals surface area contributed by atoms with Crippen LogP contribution in [0.4, 0.5) is 0 Å². The zero-order valence-corrected chi connectivity index (χ0v) is 14.2. The van der Waals surface area contributed by atoms with Gasteiger partial charge < -0.3 is 10.6 Å². The fourth-order valence-electron chi connectivity index (χ4n) is 2.43. The Morgan fingerprint density at radius 2 is 1.88 bits per heavy atom. The largest absolute Gasteiger partial charge is 0.350 e. The summed E-state index contributed by atoms with van der Waals surface area (Å²) in [7, 11) is 1.68. The summed E-state index contributed by atoms with van der Waals surface area (Å²) in [5.41, 5.74) is 1.06. The summed E-state index contributed by atoms with van der Waals surface area (Å²) in [4.78, 5) is 40.2. The Bertz CT molecular complexity index is 993. The first-order chi connectivity index (χ1) is 12.5. The van der Waals surface area contributed by atoms with Crippen LogP contribution in [0.15, 0.2) is 47.7 Å². The molecule has 2 amide bonds. The predicted molar refractivity (Wildman–Crippen MR) is 94.1 cm³/mol. The maximum atomic E-state index is 12.3. The number of rotatable bonds is 6. The van der Waals surface area contributed by atoms with E-state index >= 15 is 0 Å². The summed E-state index contributed by atoms with van der Waals surface area (Å²) < 4.78 is 2.67. The molecule has 9 heteroatoms. The van der Waals surface area contributed by atoms with Crippen LogP contribution in [0.1, 0.15) is 5.56 Å². The number of carbonyl (C=O) groups is 2. The minimum atomic E-state index is -0.452. The summed E-state index contributed by atoms with van der Waals surface area (Å²) in [5.74, 6) is -0.762. The van der Waals surface area contributed by atoms with Crippen molar-refractivity contribution in [3.8, 4) is 0 Å². The SMILES string of the molecule is Cn1ncc2c(=O)n(CC(=O)NCC(=O)NCc3ccccc3)cnc21. The molecule has 0 fully saturated rings. The number of hydrogen-bond acceptors (Lipinski definition) is 5. The standard InChI is InChI=1S/C17H18N6O3/c1-22-16-13(8-21-22)17(26)23(11-20-16)10-15(25)19-9-14(24)18-7-12-5-3-2-4-6-12/h2-6,8,11H,7,9-10H2,1H3,(H,18,24)(H,19,25). The van der Waals surface area contributed by atoms with E-state index in [1.54, 1.807) is 7.05 Å². The second-order valence-electron chi connectivity index (χ2n) is 5.72. The summed E-state index contributed by atoms with van der Waals surface area (Å²) in [5, 5.41) is 9.50. The van der Waals surface area contributed by atoms with E-state index in [4.69, 9.17) is 0 Å². The van der Waals surface area contributed by atoms with Crippen molar-refractivity contribution < 1.29 is 9.59 Å². The number of hydrogen-bond donors (Lipinski definition) is 2. The van der Waals surface area contributed by atoms with E-state index in [2.05, 4.69) is 20.7 Å². The topological polar surface area (TPSA) is 111 Å². The number of carbonyl (C=O) groups excluding carboxylic acids is 2. The minimum absolute atomic E-state index is 0.164. The van der Waals surface area contributed by atoms with Crippen LogP contribution in [0.25, 0.3) is 11.0 Å². The average Bonchev–Trinajstić information content (AvgIpc) is 3.03. The van der Waals surface area contributed by atoms with Crippen LogP contribution < -0.4 is 16.2 Å². The fourth-order valence-corrected chi connectivity index (χ4v) is 2.43. The molecule has 0 spiro atoms. The van der Waals surface area contributed by atoms with Gasteiger partial charge in [-0.2, -0.15) is 5.10 Å². The molecule has 3 aromatic rings. The summed E-state index contributed by atoms with van der Waals surface area (Å²) in [6, 6.07) is 9.45. The first-order valence-corrected chi connectivity index (χ1v) is 7.99. The van der Waals surface area contributed by atoms with Gasteiger partial charge in [-0.1, -0.05) is 30.3 Å². The van der Waals surface area contributed by atoms with Gasteiger partial charge in [0, 0.05) is 13.6 Å². The summed E-state index contributed by atoms with van der Waals surface area (Å²) in [6.07, 6.45) is 2.71. The second-order valence-corrected chi connectivity index (χ2v) is 5.72. The third kappa shape index (κ3) is 3.94. The molecule has 0 radical (unpaired) electrons. The van der Waals surface area contributed by atoms with Crippen LogP contribution in [0.2, 0.25) is 0 Å². The van der Waals surface area contributed by atoms with E-state index in [9.17, 15) is 14.4 Å². The third-order valence-corrected chi connectivity index (χ3v) is 3.81. The molecule has 0 unspecified atom stereocenters. The highest BCUT2D eigenvalue weighted by molar-refractivity contribution is 5.84. The summed E-state index contributed by atoms with van der Waals surface area (Å²) in [6.45, 7) is 0.00219. The van der Waals surface area contributed by atoms with Crippen molar-refractivity contribution in [2.75, 3.05) is 6.54 Å². The van der Waals surface area contributed by atoms with Crippen molar-refractivity contribution in [3.63, 3.8) is 0 Å². The Kier molecular flexibility index (Phi) is 5.07. The lowest BCUT2D eigenvalue weighted by atomic mass is 10.2. The number of nitrogens with one attached hydrogen (secondary N) is 2. The molecule has 0 bridgehead atoms. The van der Waals surface area contributed by atoms with Crippen LogP contribution >= 0.6 is 0 Å². The highest BCUT2D eigenvalue weighted by Crippen LogP contribution is 2.02. The zero-order valence-electron chi connectivity index (χ0n) is 14.2. The van der Waals surface area contributed by atoms with E-state index in [1.165, 1.54) is 21.8 Å². The van der Waals surface area contributed by atoms with E-state index in [1.807, 2.05) is 30.3 Å². The van der Waals surface area contributed by atoms with Crippen molar-refractivity contribution in [3.05, 3.63) is 58.8 Å². The molecule has 1 aromatic carbocycles. The second kappa shape index (κ2) is 7.60. The quantitative estimate of drug-likeness (QED) is 0.624. The first kappa shape index (κ1) is 17.3. The molecular formula is C17H18N6O3. The normalized spacial score (nSPS) is 10.7. The van der Waals surface area contributed by atoms with Gasteiger partial charge in [0.15, 0.2) is 5.65 Å². The number of aryl methyl sites for hydroxylation is 1. The third-order valence-electron chi connectivity index (χ3n) is 3.81. The molecule has 0 atom stereocenters. The van der Waals surface area contributed by atoms with Gasteiger partial charge >= 0.3 is 0 Å². The lowest BCUT2D eigenvalue weighted by Gasteiger charge is -2.08. The summed E-state index contributed by atoms with van der Waals surface area (Å²) >= 11 is 0. The fraction of sp³-hybridized carbons (Fsp3) is 0.235. The molecule has 0 aliphatic heterocycles. The van der Waals surface area contributed by atoms with E-state index in [-0.39, 0.29) is 24.6 Å². The minimum Gasteiger partial charge on any atom is -0.350 e. The highest BCUT2D eigenvalue weighted by Gasteiger charge is 2.11. The molecule has 9 nitrogen and oxygen atoms in total. The van der Waals surface area contributed by atoms with Crippen molar-refractivity contribution in [2.45, 2.75) is 13.1 Å². The van der Waals surface area contributed by atoms with Gasteiger partial charge in [0.25, 0.3) is 5.56 Å². The first-order valence-electron chi connectivity index (χ1n) is 7.99.